The van der Waals surface area contributed by atoms with Gasteiger partial charge in [0, 0.05) is 17.1 Å². The van der Waals surface area contributed by atoms with Crippen LogP contribution in [0.3, 0.4) is 0 Å². The first-order valence-corrected chi connectivity index (χ1v) is 7.78. The van der Waals surface area contributed by atoms with E-state index in [0.29, 0.717) is 10.8 Å². The van der Waals surface area contributed by atoms with E-state index < -0.39 is 12.7 Å². The number of nitrogens with one attached hydrogen (secondary N) is 1. The van der Waals surface area contributed by atoms with Gasteiger partial charge in [-0.25, -0.2) is 4.98 Å². The summed E-state index contributed by atoms with van der Waals surface area (Å²) in [6, 6.07) is 11.1. The summed E-state index contributed by atoms with van der Waals surface area (Å²) in [5, 5.41) is 10.2. The van der Waals surface area contributed by atoms with E-state index in [1.807, 2.05) is 35.7 Å². The maximum Gasteiger partial charge on any atom is 0.408 e. The number of benzene rings is 1. The zero-order valence-electron chi connectivity index (χ0n) is 12.2. The van der Waals surface area contributed by atoms with Gasteiger partial charge in [-0.1, -0.05) is 30.3 Å². The van der Waals surface area contributed by atoms with Crippen molar-refractivity contribution in [2.75, 3.05) is 5.43 Å². The van der Waals surface area contributed by atoms with Crippen LogP contribution in [0.1, 0.15) is 5.69 Å². The molecule has 1 aromatic carbocycles. The lowest BCUT2D eigenvalue weighted by Crippen LogP contribution is -2.18. The normalized spacial score (nSPS) is 12.0. The van der Waals surface area contributed by atoms with Gasteiger partial charge < -0.3 is 0 Å². The summed E-state index contributed by atoms with van der Waals surface area (Å²) in [6.07, 6.45) is -1.70. The van der Waals surface area contributed by atoms with Gasteiger partial charge in [-0.15, -0.1) is 11.3 Å². The van der Waals surface area contributed by atoms with E-state index in [0.717, 1.165) is 15.9 Å². The van der Waals surface area contributed by atoms with E-state index >= 15 is 0 Å². The molecule has 3 rings (SSSR count). The highest BCUT2D eigenvalue weighted by Crippen LogP contribution is 2.24. The minimum Gasteiger partial charge on any atom is -0.263 e. The molecule has 2 aromatic heterocycles. The molecule has 3 aromatic rings. The summed E-state index contributed by atoms with van der Waals surface area (Å²) in [7, 11) is 0. The SMILES string of the molecule is FC(F)(F)Cn1ccc(C=NNc2nc(-c3ccccc3)cs2)n1. The number of anilines is 1. The molecule has 2 heterocycles. The minimum absolute atomic E-state index is 0.326. The third kappa shape index (κ3) is 4.42. The van der Waals surface area contributed by atoms with Gasteiger partial charge in [0.2, 0.25) is 5.13 Å². The van der Waals surface area contributed by atoms with Crippen molar-refractivity contribution in [3.8, 4) is 11.3 Å². The average Bonchev–Trinajstić information content (AvgIpc) is 3.16. The first kappa shape index (κ1) is 16.2. The van der Waals surface area contributed by atoms with Crippen molar-refractivity contribution in [1.82, 2.24) is 14.8 Å². The molecule has 1 N–H and O–H groups in total. The Morgan fingerprint density at radius 3 is 2.75 bits per heavy atom. The van der Waals surface area contributed by atoms with Crippen molar-refractivity contribution in [2.24, 2.45) is 5.10 Å². The van der Waals surface area contributed by atoms with Gasteiger partial charge in [0.05, 0.1) is 11.9 Å². The predicted octanol–water partition coefficient (Wildman–Crippen LogP) is 4.01. The van der Waals surface area contributed by atoms with Gasteiger partial charge in [-0.3, -0.25) is 10.1 Å². The fraction of sp³-hybridized carbons (Fsp3) is 0.133. The fourth-order valence-corrected chi connectivity index (χ4v) is 2.61. The number of hydrogen-bond acceptors (Lipinski definition) is 5. The largest absolute Gasteiger partial charge is 0.408 e. The molecule has 0 saturated carbocycles. The van der Waals surface area contributed by atoms with Crippen LogP contribution in [0.25, 0.3) is 11.3 Å². The Bertz CT molecular complexity index is 823. The van der Waals surface area contributed by atoms with Gasteiger partial charge >= 0.3 is 6.18 Å². The van der Waals surface area contributed by atoms with Gasteiger partial charge in [0.1, 0.15) is 12.2 Å². The van der Waals surface area contributed by atoms with Crippen LogP contribution >= 0.6 is 11.3 Å². The van der Waals surface area contributed by atoms with Crippen molar-refractivity contribution >= 4 is 22.7 Å². The van der Waals surface area contributed by atoms with Crippen LogP contribution in [0.4, 0.5) is 18.3 Å². The van der Waals surface area contributed by atoms with Crippen molar-refractivity contribution in [2.45, 2.75) is 12.7 Å². The average molecular weight is 351 g/mol. The van der Waals surface area contributed by atoms with Crippen LogP contribution in [0.15, 0.2) is 53.1 Å². The third-order valence-corrected chi connectivity index (χ3v) is 3.68. The van der Waals surface area contributed by atoms with Gasteiger partial charge in [0.15, 0.2) is 0 Å². The van der Waals surface area contributed by atoms with Crippen LogP contribution in [-0.4, -0.2) is 27.2 Å². The molecule has 24 heavy (non-hydrogen) atoms. The van der Waals surface area contributed by atoms with Crippen molar-refractivity contribution in [1.29, 1.82) is 0 Å². The molecule has 0 radical (unpaired) electrons. The monoisotopic (exact) mass is 351 g/mol. The lowest BCUT2D eigenvalue weighted by Gasteiger charge is -2.04. The highest BCUT2D eigenvalue weighted by Gasteiger charge is 2.28. The van der Waals surface area contributed by atoms with E-state index in [4.69, 9.17) is 0 Å². The summed E-state index contributed by atoms with van der Waals surface area (Å²) in [5.74, 6) is 0. The highest BCUT2D eigenvalue weighted by atomic mass is 32.1. The Morgan fingerprint density at radius 2 is 2.00 bits per heavy atom. The molecule has 0 atom stereocenters. The first-order valence-electron chi connectivity index (χ1n) is 6.90. The molecule has 0 unspecified atom stereocenters. The summed E-state index contributed by atoms with van der Waals surface area (Å²) >= 11 is 1.38. The predicted molar refractivity (Wildman–Crippen MR) is 87.0 cm³/mol. The van der Waals surface area contributed by atoms with E-state index in [-0.39, 0.29) is 0 Å². The maximum atomic E-state index is 12.3. The number of hydrazone groups is 1. The second kappa shape index (κ2) is 6.83. The molecular formula is C15H12F3N5S. The van der Waals surface area contributed by atoms with Crippen LogP contribution in [0.2, 0.25) is 0 Å². The number of halogens is 3. The van der Waals surface area contributed by atoms with Crippen molar-refractivity contribution < 1.29 is 13.2 Å². The number of aromatic nitrogens is 3. The Balaban J connectivity index is 1.60. The molecule has 0 bridgehead atoms. The Morgan fingerprint density at radius 1 is 1.21 bits per heavy atom. The van der Waals surface area contributed by atoms with E-state index in [1.165, 1.54) is 29.8 Å². The molecular weight excluding hydrogens is 339 g/mol. The number of alkyl halides is 3. The lowest BCUT2D eigenvalue weighted by atomic mass is 10.2. The molecule has 0 aliphatic rings. The molecule has 5 nitrogen and oxygen atoms in total. The molecule has 0 saturated heterocycles. The molecule has 124 valence electrons. The van der Waals surface area contributed by atoms with Gasteiger partial charge in [0.25, 0.3) is 0 Å². The number of hydrogen-bond donors (Lipinski definition) is 1. The molecule has 0 aliphatic heterocycles. The molecule has 9 heteroatoms. The standard InChI is InChI=1S/C15H12F3N5S/c16-15(17,18)10-23-7-6-12(22-23)8-19-21-14-20-13(9-24-14)11-4-2-1-3-5-11/h1-9H,10H2,(H,20,21). The van der Waals surface area contributed by atoms with Crippen LogP contribution in [-0.2, 0) is 6.54 Å². The van der Waals surface area contributed by atoms with E-state index in [9.17, 15) is 13.2 Å². The zero-order valence-corrected chi connectivity index (χ0v) is 13.1. The topological polar surface area (TPSA) is 55.1 Å². The molecule has 0 amide bonds. The smallest absolute Gasteiger partial charge is 0.263 e. The summed E-state index contributed by atoms with van der Waals surface area (Å²) in [6.45, 7) is -1.12. The van der Waals surface area contributed by atoms with Crippen molar-refractivity contribution in [3.05, 3.63) is 53.7 Å². The van der Waals surface area contributed by atoms with Crippen LogP contribution in [0, 0.1) is 0 Å². The highest BCUT2D eigenvalue weighted by molar-refractivity contribution is 7.14. The number of rotatable bonds is 5. The quantitative estimate of drug-likeness (QED) is 0.558. The second-order valence-electron chi connectivity index (χ2n) is 4.83. The summed E-state index contributed by atoms with van der Waals surface area (Å²) in [5.41, 5.74) is 4.90. The van der Waals surface area contributed by atoms with E-state index in [1.54, 1.807) is 0 Å². The Labute approximate surface area is 139 Å². The minimum atomic E-state index is -4.30. The number of nitrogens with zero attached hydrogens (tertiary/aromatic N) is 4. The third-order valence-electron chi connectivity index (χ3n) is 2.93. The van der Waals surface area contributed by atoms with E-state index in [2.05, 4.69) is 20.6 Å². The Hall–Kier alpha value is -2.68. The summed E-state index contributed by atoms with van der Waals surface area (Å²) in [4.78, 5) is 4.38. The lowest BCUT2D eigenvalue weighted by molar-refractivity contribution is -0.142. The fourth-order valence-electron chi connectivity index (χ4n) is 1.94. The zero-order chi connectivity index (χ0) is 17.0. The van der Waals surface area contributed by atoms with Gasteiger partial charge in [-0.05, 0) is 6.07 Å². The molecule has 0 aliphatic carbocycles. The van der Waals surface area contributed by atoms with Gasteiger partial charge in [-0.2, -0.15) is 23.4 Å². The van der Waals surface area contributed by atoms with Crippen molar-refractivity contribution in [3.63, 3.8) is 0 Å². The number of thiazole rings is 1. The maximum absolute atomic E-state index is 12.3. The molecule has 0 fully saturated rings. The molecule has 0 spiro atoms. The first-order chi connectivity index (χ1) is 11.5. The van der Waals surface area contributed by atoms with Crippen LogP contribution < -0.4 is 5.43 Å². The Kier molecular flexibility index (Phi) is 4.61. The summed E-state index contributed by atoms with van der Waals surface area (Å²) < 4.78 is 37.6. The van der Waals surface area contributed by atoms with Crippen LogP contribution in [0.5, 0.6) is 0 Å². The second-order valence-corrected chi connectivity index (χ2v) is 5.69.